The van der Waals surface area contributed by atoms with E-state index in [1.54, 1.807) is 29.3 Å². The molecule has 3 heterocycles. The number of ether oxygens (including phenoxy) is 1. The number of aromatic nitrogens is 1. The van der Waals surface area contributed by atoms with Gasteiger partial charge in [0.1, 0.15) is 28.7 Å². The molecule has 40 heavy (non-hydrogen) atoms. The summed E-state index contributed by atoms with van der Waals surface area (Å²) in [5, 5.41) is 0. The van der Waals surface area contributed by atoms with Crippen LogP contribution < -0.4 is 9.64 Å². The second-order valence-electron chi connectivity index (χ2n) is 10.7. The molecule has 4 aromatic rings. The fourth-order valence-corrected chi connectivity index (χ4v) is 7.21. The van der Waals surface area contributed by atoms with Gasteiger partial charge in [0.2, 0.25) is 0 Å². The number of piperidine rings is 1. The van der Waals surface area contributed by atoms with E-state index in [0.717, 1.165) is 40.8 Å². The minimum atomic E-state index is -3.33. The van der Waals surface area contributed by atoms with E-state index in [2.05, 4.69) is 11.1 Å². The lowest BCUT2D eigenvalue weighted by molar-refractivity contribution is 0.0224. The zero-order valence-electron chi connectivity index (χ0n) is 22.0. The van der Waals surface area contributed by atoms with Crippen LogP contribution in [-0.2, 0) is 27.8 Å². The fourth-order valence-electron chi connectivity index (χ4n) is 5.79. The monoisotopic (exact) mass is 560 g/mol. The summed E-state index contributed by atoms with van der Waals surface area (Å²) in [4.78, 5) is 5.91. The molecule has 0 atom stereocenters. The first kappa shape index (κ1) is 26.4. The van der Waals surface area contributed by atoms with Crippen molar-refractivity contribution in [2.24, 2.45) is 0 Å². The Balaban J connectivity index is 1.11. The molecule has 0 amide bonds. The van der Waals surface area contributed by atoms with Crippen molar-refractivity contribution in [1.29, 1.82) is 0 Å². The van der Waals surface area contributed by atoms with Gasteiger partial charge in [-0.05, 0) is 71.5 Å². The highest BCUT2D eigenvalue weighted by molar-refractivity contribution is 7.89. The van der Waals surface area contributed by atoms with Gasteiger partial charge in [-0.15, -0.1) is 0 Å². The fraction of sp³-hybridized carbons (Fsp3) is 0.281. The van der Waals surface area contributed by atoms with Gasteiger partial charge in [-0.25, -0.2) is 17.2 Å². The third kappa shape index (κ3) is 5.59. The molecule has 0 radical (unpaired) electrons. The normalized spacial score (nSPS) is 16.4. The summed E-state index contributed by atoms with van der Waals surface area (Å²) in [5.41, 5.74) is 4.20. The minimum Gasteiger partial charge on any atom is -0.487 e. The van der Waals surface area contributed by atoms with Crippen molar-refractivity contribution in [3.05, 3.63) is 114 Å². The van der Waals surface area contributed by atoms with Gasteiger partial charge in [-0.1, -0.05) is 42.5 Å². The van der Waals surface area contributed by atoms with Crippen LogP contribution in [0.3, 0.4) is 0 Å². The lowest BCUT2D eigenvalue weighted by atomic mass is 9.82. The van der Waals surface area contributed by atoms with Crippen LogP contribution in [0.2, 0.25) is 0 Å². The van der Waals surface area contributed by atoms with Gasteiger partial charge in [0.15, 0.2) is 9.84 Å². The van der Waals surface area contributed by atoms with Crippen LogP contribution in [0.1, 0.15) is 36.1 Å². The topological polar surface area (TPSA) is 59.5 Å². The Hall–Kier alpha value is -3.78. The zero-order valence-corrected chi connectivity index (χ0v) is 22.8. The highest BCUT2D eigenvalue weighted by atomic mass is 32.2. The summed E-state index contributed by atoms with van der Waals surface area (Å²) >= 11 is 0. The van der Waals surface area contributed by atoms with E-state index in [4.69, 9.17) is 4.74 Å². The largest absolute Gasteiger partial charge is 0.487 e. The standard InChI is InChI=1S/C32H30F2N2O3S/c33-28-5-3-6-29(34)31(28)36-18-15-32(16-19-36)14-13-26-20-25(11-12-30(26)39-32)24-9-7-23(8-10-24)21-40(37,38)22-27-4-1-2-17-35-27/h1-12,17,20H,13-16,18-19,21-22H2. The second-order valence-corrected chi connectivity index (χ2v) is 12.8. The Bertz CT molecular complexity index is 1600. The first-order valence-corrected chi connectivity index (χ1v) is 15.3. The molecule has 1 fully saturated rings. The van der Waals surface area contributed by atoms with Crippen molar-refractivity contribution in [2.75, 3.05) is 18.0 Å². The van der Waals surface area contributed by atoms with Gasteiger partial charge in [-0.3, -0.25) is 4.98 Å². The lowest BCUT2D eigenvalue weighted by Crippen LogP contribution is -2.50. The van der Waals surface area contributed by atoms with E-state index in [-0.39, 0.29) is 22.8 Å². The van der Waals surface area contributed by atoms with Crippen molar-refractivity contribution >= 4 is 15.5 Å². The van der Waals surface area contributed by atoms with Gasteiger partial charge in [0.25, 0.3) is 0 Å². The van der Waals surface area contributed by atoms with Crippen molar-refractivity contribution < 1.29 is 21.9 Å². The van der Waals surface area contributed by atoms with Crippen LogP contribution in [0.5, 0.6) is 5.75 Å². The number of sulfone groups is 1. The maximum absolute atomic E-state index is 14.3. The van der Waals surface area contributed by atoms with Gasteiger partial charge in [0.05, 0.1) is 17.2 Å². The summed E-state index contributed by atoms with van der Waals surface area (Å²) in [6, 6.07) is 23.1. The molecule has 2 aliphatic rings. The van der Waals surface area contributed by atoms with E-state index in [1.165, 1.54) is 18.2 Å². The summed E-state index contributed by atoms with van der Waals surface area (Å²) in [6.45, 7) is 1.07. The van der Waals surface area contributed by atoms with Crippen LogP contribution in [-0.4, -0.2) is 32.1 Å². The second kappa shape index (κ2) is 10.7. The van der Waals surface area contributed by atoms with Crippen molar-refractivity contribution in [1.82, 2.24) is 4.98 Å². The molecular weight excluding hydrogens is 530 g/mol. The van der Waals surface area contributed by atoms with E-state index in [0.29, 0.717) is 31.6 Å². The van der Waals surface area contributed by atoms with Crippen molar-refractivity contribution in [3.63, 3.8) is 0 Å². The molecule has 206 valence electrons. The van der Waals surface area contributed by atoms with E-state index in [1.807, 2.05) is 36.4 Å². The Morgan fingerprint density at radius 2 is 1.55 bits per heavy atom. The van der Waals surface area contributed by atoms with Crippen LogP contribution >= 0.6 is 0 Å². The molecule has 5 nitrogen and oxygen atoms in total. The Kier molecular flexibility index (Phi) is 7.04. The summed E-state index contributed by atoms with van der Waals surface area (Å²) < 4.78 is 60.4. The third-order valence-electron chi connectivity index (χ3n) is 7.93. The zero-order chi connectivity index (χ0) is 27.7. The number of para-hydroxylation sites is 1. The van der Waals surface area contributed by atoms with Gasteiger partial charge in [0, 0.05) is 32.1 Å². The molecule has 0 unspecified atom stereocenters. The van der Waals surface area contributed by atoms with Crippen LogP contribution in [0.15, 0.2) is 85.1 Å². The maximum Gasteiger partial charge on any atom is 0.160 e. The highest BCUT2D eigenvalue weighted by Crippen LogP contribution is 2.42. The minimum absolute atomic E-state index is 0.0368. The quantitative estimate of drug-likeness (QED) is 0.269. The predicted molar refractivity (Wildman–Crippen MR) is 152 cm³/mol. The van der Waals surface area contributed by atoms with Gasteiger partial charge < -0.3 is 9.64 Å². The summed E-state index contributed by atoms with van der Waals surface area (Å²) in [5.74, 6) is -0.321. The van der Waals surface area contributed by atoms with Crippen molar-refractivity contribution in [2.45, 2.75) is 42.8 Å². The van der Waals surface area contributed by atoms with Gasteiger partial charge >= 0.3 is 0 Å². The smallest absolute Gasteiger partial charge is 0.160 e. The van der Waals surface area contributed by atoms with Gasteiger partial charge in [-0.2, -0.15) is 0 Å². The number of anilines is 1. The number of aryl methyl sites for hydroxylation is 1. The van der Waals surface area contributed by atoms with E-state index >= 15 is 0 Å². The molecule has 0 bridgehead atoms. The summed E-state index contributed by atoms with van der Waals surface area (Å²) in [6.07, 6.45) is 4.72. The molecule has 0 saturated carbocycles. The molecule has 0 aliphatic carbocycles. The van der Waals surface area contributed by atoms with E-state index < -0.39 is 21.5 Å². The molecule has 8 heteroatoms. The number of hydrogen-bond donors (Lipinski definition) is 0. The Morgan fingerprint density at radius 1 is 0.825 bits per heavy atom. The number of benzene rings is 3. The highest BCUT2D eigenvalue weighted by Gasteiger charge is 2.40. The third-order valence-corrected chi connectivity index (χ3v) is 9.44. The number of pyridine rings is 1. The number of rotatable bonds is 6. The molecule has 2 aliphatic heterocycles. The molecule has 3 aromatic carbocycles. The average molecular weight is 561 g/mol. The molecule has 1 spiro atoms. The molecule has 6 rings (SSSR count). The number of fused-ring (bicyclic) bond motifs is 1. The van der Waals surface area contributed by atoms with Crippen molar-refractivity contribution in [3.8, 4) is 16.9 Å². The Labute approximate surface area is 233 Å². The maximum atomic E-state index is 14.3. The lowest BCUT2D eigenvalue weighted by Gasteiger charge is -2.45. The Morgan fingerprint density at radius 3 is 2.25 bits per heavy atom. The van der Waals surface area contributed by atoms with E-state index in [9.17, 15) is 17.2 Å². The predicted octanol–water partition coefficient (Wildman–Crippen LogP) is 6.51. The summed E-state index contributed by atoms with van der Waals surface area (Å²) in [7, 11) is -3.33. The average Bonchev–Trinajstić information content (AvgIpc) is 2.94. The first-order chi connectivity index (χ1) is 19.3. The first-order valence-electron chi connectivity index (χ1n) is 13.5. The number of hydrogen-bond acceptors (Lipinski definition) is 5. The number of halogens is 2. The SMILES string of the molecule is O=S(=O)(Cc1ccc(-c2ccc3c(c2)CCC2(CCN(c4c(F)cccc4F)CC2)O3)cc1)Cc1ccccn1. The molecule has 0 N–H and O–H groups in total. The molecular formula is C32H30F2N2O3S. The molecule has 1 saturated heterocycles. The van der Waals surface area contributed by atoms with Crippen LogP contribution in [0.4, 0.5) is 14.5 Å². The van der Waals surface area contributed by atoms with Crippen LogP contribution in [0.25, 0.3) is 11.1 Å². The van der Waals surface area contributed by atoms with Crippen LogP contribution in [0, 0.1) is 11.6 Å². The molecule has 1 aromatic heterocycles. The number of nitrogens with zero attached hydrogens (tertiary/aromatic N) is 2.